The summed E-state index contributed by atoms with van der Waals surface area (Å²) in [5, 5.41) is 0. The van der Waals surface area contributed by atoms with Gasteiger partial charge in [-0.05, 0) is 19.1 Å². The van der Waals surface area contributed by atoms with Gasteiger partial charge in [-0.1, -0.05) is 0 Å². The van der Waals surface area contributed by atoms with Crippen LogP contribution in [0, 0.1) is 0 Å². The van der Waals surface area contributed by atoms with E-state index in [4.69, 9.17) is 9.15 Å². The van der Waals surface area contributed by atoms with Crippen LogP contribution in [0.3, 0.4) is 0 Å². The minimum absolute atomic E-state index is 0.0759. The Morgan fingerprint density at radius 3 is 3.00 bits per heavy atom. The molecule has 0 spiro atoms. The van der Waals surface area contributed by atoms with E-state index in [1.807, 2.05) is 6.07 Å². The van der Waals surface area contributed by atoms with E-state index in [0.29, 0.717) is 18.2 Å². The van der Waals surface area contributed by atoms with E-state index in [1.54, 1.807) is 47.9 Å². The van der Waals surface area contributed by atoms with Gasteiger partial charge in [-0.2, -0.15) is 0 Å². The number of furan rings is 1. The van der Waals surface area contributed by atoms with Gasteiger partial charge in [0.05, 0.1) is 18.7 Å². The third-order valence-corrected chi connectivity index (χ3v) is 4.51. The maximum Gasteiger partial charge on any atom is 0.252 e. The third kappa shape index (κ3) is 3.59. The Kier molecular flexibility index (Phi) is 5.30. The van der Waals surface area contributed by atoms with Gasteiger partial charge in [0.2, 0.25) is 5.91 Å². The van der Waals surface area contributed by atoms with E-state index >= 15 is 0 Å². The monoisotopic (exact) mass is 312 g/mol. The number of amides is 2. The molecule has 1 aliphatic rings. The number of thioether (sulfide) groups is 1. The molecule has 0 N–H and O–H groups in total. The minimum atomic E-state index is -0.533. The standard InChI is InChI=1S/C14H20N2O4S/c1-10(19-3)13(17)16-9-21-8-12(16)14(18)15(2)7-11-5-4-6-20-11/h4-6,10,12H,7-9H2,1-3H3. The molecule has 2 rings (SSSR count). The molecule has 2 heterocycles. The first-order chi connectivity index (χ1) is 10.0. The molecule has 2 amide bonds. The van der Waals surface area contributed by atoms with Crippen LogP contribution < -0.4 is 0 Å². The predicted molar refractivity (Wildman–Crippen MR) is 79.6 cm³/mol. The lowest BCUT2D eigenvalue weighted by Crippen LogP contribution is -2.50. The van der Waals surface area contributed by atoms with Crippen molar-refractivity contribution in [3.8, 4) is 0 Å². The van der Waals surface area contributed by atoms with Gasteiger partial charge in [0.15, 0.2) is 0 Å². The molecule has 1 fully saturated rings. The van der Waals surface area contributed by atoms with Crippen LogP contribution >= 0.6 is 11.8 Å². The smallest absolute Gasteiger partial charge is 0.252 e. The Labute approximate surface area is 128 Å². The number of nitrogens with zero attached hydrogens (tertiary/aromatic N) is 2. The Balaban J connectivity index is 2.01. The van der Waals surface area contributed by atoms with Gasteiger partial charge >= 0.3 is 0 Å². The van der Waals surface area contributed by atoms with Crippen molar-refractivity contribution in [2.75, 3.05) is 25.8 Å². The van der Waals surface area contributed by atoms with Crippen LogP contribution in [0.1, 0.15) is 12.7 Å². The molecule has 1 aromatic heterocycles. The van der Waals surface area contributed by atoms with E-state index in [1.165, 1.54) is 7.11 Å². The topological polar surface area (TPSA) is 63.0 Å². The molecular formula is C14H20N2O4S. The molecule has 2 atom stereocenters. The Morgan fingerprint density at radius 2 is 2.38 bits per heavy atom. The molecule has 0 saturated carbocycles. The molecule has 0 aromatic carbocycles. The maximum absolute atomic E-state index is 12.5. The van der Waals surface area contributed by atoms with E-state index in [0.717, 1.165) is 5.76 Å². The summed E-state index contributed by atoms with van der Waals surface area (Å²) in [7, 11) is 3.21. The minimum Gasteiger partial charge on any atom is -0.467 e. The first-order valence-electron chi connectivity index (χ1n) is 6.73. The van der Waals surface area contributed by atoms with E-state index in [2.05, 4.69) is 0 Å². The van der Waals surface area contributed by atoms with E-state index in [-0.39, 0.29) is 11.8 Å². The van der Waals surface area contributed by atoms with Crippen molar-refractivity contribution in [3.05, 3.63) is 24.2 Å². The highest BCUT2D eigenvalue weighted by Crippen LogP contribution is 2.24. The Bertz CT molecular complexity index is 491. The zero-order valence-corrected chi connectivity index (χ0v) is 13.3. The number of hydrogen-bond donors (Lipinski definition) is 0. The van der Waals surface area contributed by atoms with Crippen LogP contribution in [0.25, 0.3) is 0 Å². The van der Waals surface area contributed by atoms with E-state index in [9.17, 15) is 9.59 Å². The van der Waals surface area contributed by atoms with Crippen molar-refractivity contribution < 1.29 is 18.7 Å². The van der Waals surface area contributed by atoms with Crippen molar-refractivity contribution in [2.45, 2.75) is 25.6 Å². The summed E-state index contributed by atoms with van der Waals surface area (Å²) in [4.78, 5) is 28.0. The lowest BCUT2D eigenvalue weighted by atomic mass is 10.2. The first-order valence-corrected chi connectivity index (χ1v) is 7.88. The van der Waals surface area contributed by atoms with Gasteiger partial charge in [0, 0.05) is 19.9 Å². The van der Waals surface area contributed by atoms with Crippen molar-refractivity contribution in [1.29, 1.82) is 0 Å². The average Bonchev–Trinajstić information content (AvgIpc) is 3.15. The summed E-state index contributed by atoms with van der Waals surface area (Å²) >= 11 is 1.58. The molecule has 1 saturated heterocycles. The van der Waals surface area contributed by atoms with E-state index < -0.39 is 12.1 Å². The number of likely N-dealkylation sites (N-methyl/N-ethyl adjacent to an activating group) is 1. The molecule has 21 heavy (non-hydrogen) atoms. The SMILES string of the molecule is COC(C)C(=O)N1CSCC1C(=O)N(C)Cc1ccco1. The Morgan fingerprint density at radius 1 is 1.62 bits per heavy atom. The molecule has 1 aliphatic heterocycles. The van der Waals surface area contributed by atoms with Gasteiger partial charge in [-0.15, -0.1) is 11.8 Å². The molecular weight excluding hydrogens is 292 g/mol. The lowest BCUT2D eigenvalue weighted by molar-refractivity contribution is -0.148. The molecule has 7 heteroatoms. The summed E-state index contributed by atoms with van der Waals surface area (Å²) in [6.07, 6.45) is 1.05. The maximum atomic E-state index is 12.5. The normalized spacial score (nSPS) is 19.6. The summed E-state index contributed by atoms with van der Waals surface area (Å²) in [5.74, 6) is 1.64. The molecule has 2 unspecified atom stereocenters. The molecule has 116 valence electrons. The first kappa shape index (κ1) is 15.9. The summed E-state index contributed by atoms with van der Waals surface area (Å²) in [6, 6.07) is 3.18. The molecule has 0 radical (unpaired) electrons. The number of carbonyl (C=O) groups is 2. The van der Waals surface area contributed by atoms with Crippen LogP contribution in [0.5, 0.6) is 0 Å². The van der Waals surface area contributed by atoms with Crippen molar-refractivity contribution in [3.63, 3.8) is 0 Å². The number of ether oxygens (including phenoxy) is 1. The number of methoxy groups -OCH3 is 1. The predicted octanol–water partition coefficient (Wildman–Crippen LogP) is 1.17. The molecule has 1 aromatic rings. The number of hydrogen-bond acceptors (Lipinski definition) is 5. The van der Waals surface area contributed by atoms with Crippen LogP contribution in [0.15, 0.2) is 22.8 Å². The highest BCUT2D eigenvalue weighted by Gasteiger charge is 2.37. The highest BCUT2D eigenvalue weighted by molar-refractivity contribution is 7.99. The van der Waals surface area contributed by atoms with Gasteiger partial charge in [0.25, 0.3) is 5.91 Å². The second-order valence-electron chi connectivity index (χ2n) is 4.98. The van der Waals surface area contributed by atoms with Crippen molar-refractivity contribution in [2.24, 2.45) is 0 Å². The fourth-order valence-corrected chi connectivity index (χ4v) is 3.32. The lowest BCUT2D eigenvalue weighted by Gasteiger charge is -2.28. The van der Waals surface area contributed by atoms with Gasteiger partial charge in [-0.25, -0.2) is 0 Å². The second kappa shape index (κ2) is 7.00. The van der Waals surface area contributed by atoms with Crippen molar-refractivity contribution >= 4 is 23.6 Å². The summed E-state index contributed by atoms with van der Waals surface area (Å²) < 4.78 is 10.3. The summed E-state index contributed by atoms with van der Waals surface area (Å²) in [5.41, 5.74) is 0. The molecule has 6 nitrogen and oxygen atoms in total. The average molecular weight is 312 g/mol. The van der Waals surface area contributed by atoms with Crippen LogP contribution in [0.4, 0.5) is 0 Å². The number of carbonyl (C=O) groups excluding carboxylic acids is 2. The molecule has 0 aliphatic carbocycles. The zero-order chi connectivity index (χ0) is 15.4. The summed E-state index contributed by atoms with van der Waals surface area (Å²) in [6.45, 7) is 2.09. The fraction of sp³-hybridized carbons (Fsp3) is 0.571. The van der Waals surface area contributed by atoms with Crippen molar-refractivity contribution in [1.82, 2.24) is 9.80 Å². The van der Waals surface area contributed by atoms with Crippen LogP contribution in [0.2, 0.25) is 0 Å². The quantitative estimate of drug-likeness (QED) is 0.817. The van der Waals surface area contributed by atoms with Gasteiger partial charge in [-0.3, -0.25) is 9.59 Å². The second-order valence-corrected chi connectivity index (χ2v) is 5.98. The third-order valence-electron chi connectivity index (χ3n) is 3.50. The molecule has 0 bridgehead atoms. The largest absolute Gasteiger partial charge is 0.467 e. The van der Waals surface area contributed by atoms with Gasteiger partial charge < -0.3 is 19.0 Å². The Hall–Kier alpha value is -1.47. The zero-order valence-electron chi connectivity index (χ0n) is 12.4. The van der Waals surface area contributed by atoms with Gasteiger partial charge in [0.1, 0.15) is 17.9 Å². The highest BCUT2D eigenvalue weighted by atomic mass is 32.2. The fourth-order valence-electron chi connectivity index (χ4n) is 2.17. The van der Waals surface area contributed by atoms with Crippen LogP contribution in [-0.2, 0) is 20.9 Å². The van der Waals surface area contributed by atoms with Crippen LogP contribution in [-0.4, -0.2) is 59.5 Å². The number of rotatable bonds is 5.